The molecule has 1 saturated carbocycles. The number of hydrogen-bond acceptors (Lipinski definition) is 5. The third kappa shape index (κ3) is 3.98. The molecule has 1 aliphatic heterocycles. The van der Waals surface area contributed by atoms with E-state index in [0.717, 1.165) is 6.42 Å². The lowest BCUT2D eigenvalue weighted by atomic mass is 9.82. The molecule has 4 atom stereocenters. The molecule has 2 aromatic rings. The first-order valence-electron chi connectivity index (χ1n) is 11.2. The minimum atomic E-state index is -0.689. The van der Waals surface area contributed by atoms with Crippen LogP contribution in [0.2, 0.25) is 5.02 Å². The smallest absolute Gasteiger partial charge is 0.338 e. The van der Waals surface area contributed by atoms with E-state index in [2.05, 4.69) is 27.3 Å². The molecule has 9 heteroatoms. The number of allylic oxidation sites excluding steroid dienone is 2. The Morgan fingerprint density at radius 1 is 1.09 bits per heavy atom. The number of nitrogens with one attached hydrogen (secondary N) is 1. The molecule has 1 heterocycles. The maximum atomic E-state index is 13.1. The molecule has 0 radical (unpaired) electrons. The Labute approximate surface area is 215 Å². The second kappa shape index (κ2) is 8.91. The summed E-state index contributed by atoms with van der Waals surface area (Å²) in [6.07, 6.45) is 3.00. The highest BCUT2D eigenvalue weighted by Crippen LogP contribution is 2.55. The van der Waals surface area contributed by atoms with Gasteiger partial charge in [0.15, 0.2) is 6.61 Å². The summed E-state index contributed by atoms with van der Waals surface area (Å²) in [5.41, 5.74) is 3.04. The first-order valence-corrected chi connectivity index (χ1v) is 12.4. The number of amides is 3. The van der Waals surface area contributed by atoms with Gasteiger partial charge in [-0.2, -0.15) is 0 Å². The van der Waals surface area contributed by atoms with Crippen LogP contribution < -0.4 is 10.2 Å². The van der Waals surface area contributed by atoms with E-state index in [4.69, 9.17) is 16.3 Å². The molecule has 2 bridgehead atoms. The molecule has 7 nitrogen and oxygen atoms in total. The molecule has 3 amide bonds. The fourth-order valence-electron chi connectivity index (χ4n) is 5.46. The Bertz CT molecular complexity index is 1310. The lowest BCUT2D eigenvalue weighted by Crippen LogP contribution is -2.33. The number of halogens is 2. The van der Waals surface area contributed by atoms with Gasteiger partial charge in [0.05, 0.1) is 28.1 Å². The number of carbonyl (C=O) groups excluding carboxylic acids is 4. The van der Waals surface area contributed by atoms with Gasteiger partial charge in [0.2, 0.25) is 11.8 Å². The third-order valence-corrected chi connectivity index (χ3v) is 8.57. The van der Waals surface area contributed by atoms with Gasteiger partial charge in [0, 0.05) is 10.2 Å². The van der Waals surface area contributed by atoms with Crippen molar-refractivity contribution in [1.82, 2.24) is 0 Å². The van der Waals surface area contributed by atoms with Gasteiger partial charge in [-0.15, -0.1) is 0 Å². The Morgan fingerprint density at radius 2 is 1.77 bits per heavy atom. The molecule has 2 fully saturated rings. The molecule has 2 aromatic carbocycles. The number of imide groups is 1. The van der Waals surface area contributed by atoms with Crippen LogP contribution in [0.25, 0.3) is 0 Å². The Balaban J connectivity index is 1.21. The molecule has 35 heavy (non-hydrogen) atoms. The van der Waals surface area contributed by atoms with Crippen LogP contribution in [0.3, 0.4) is 0 Å². The predicted octanol–water partition coefficient (Wildman–Crippen LogP) is 4.91. The van der Waals surface area contributed by atoms with Gasteiger partial charge in [-0.05, 0) is 90.0 Å². The Morgan fingerprint density at radius 3 is 2.49 bits per heavy atom. The molecule has 2 aliphatic carbocycles. The van der Waals surface area contributed by atoms with Crippen molar-refractivity contribution < 1.29 is 23.9 Å². The maximum absolute atomic E-state index is 13.1. The highest BCUT2D eigenvalue weighted by molar-refractivity contribution is 9.10. The summed E-state index contributed by atoms with van der Waals surface area (Å²) in [5.74, 6) is -1.84. The molecular weight excluding hydrogens is 536 g/mol. The monoisotopic (exact) mass is 556 g/mol. The van der Waals surface area contributed by atoms with Crippen molar-refractivity contribution in [3.05, 3.63) is 68.7 Å². The van der Waals surface area contributed by atoms with E-state index >= 15 is 0 Å². The average Bonchev–Trinajstić information content (AvgIpc) is 3.48. The molecule has 1 N–H and O–H groups in total. The molecule has 5 rings (SSSR count). The average molecular weight is 558 g/mol. The highest BCUT2D eigenvalue weighted by Gasteiger charge is 2.60. The van der Waals surface area contributed by atoms with Crippen molar-refractivity contribution in [2.24, 2.45) is 23.7 Å². The summed E-state index contributed by atoms with van der Waals surface area (Å²) in [4.78, 5) is 52.0. The van der Waals surface area contributed by atoms with E-state index in [-0.39, 0.29) is 41.0 Å². The quantitative estimate of drug-likeness (QED) is 0.320. The molecule has 3 aliphatic rings. The second-order valence-electron chi connectivity index (χ2n) is 9.19. The number of esters is 1. The maximum Gasteiger partial charge on any atom is 0.338 e. The van der Waals surface area contributed by atoms with E-state index < -0.39 is 18.5 Å². The molecule has 0 spiro atoms. The van der Waals surface area contributed by atoms with E-state index in [1.54, 1.807) is 31.2 Å². The van der Waals surface area contributed by atoms with Crippen molar-refractivity contribution in [2.75, 3.05) is 16.8 Å². The summed E-state index contributed by atoms with van der Waals surface area (Å²) in [6, 6.07) is 9.50. The van der Waals surface area contributed by atoms with Gasteiger partial charge in [0.25, 0.3) is 5.91 Å². The minimum absolute atomic E-state index is 0.129. The zero-order chi connectivity index (χ0) is 25.0. The van der Waals surface area contributed by atoms with Crippen LogP contribution in [0, 0.1) is 30.6 Å². The van der Waals surface area contributed by atoms with E-state index in [0.29, 0.717) is 26.4 Å². The first-order chi connectivity index (χ1) is 16.7. The van der Waals surface area contributed by atoms with Crippen molar-refractivity contribution in [3.8, 4) is 0 Å². The molecule has 0 aromatic heterocycles. The topological polar surface area (TPSA) is 92.8 Å². The lowest BCUT2D eigenvalue weighted by Gasteiger charge is -2.19. The largest absolute Gasteiger partial charge is 0.452 e. The molecule has 0 unspecified atom stereocenters. The summed E-state index contributed by atoms with van der Waals surface area (Å²) in [7, 11) is 0. The normalized spacial score (nSPS) is 24.5. The summed E-state index contributed by atoms with van der Waals surface area (Å²) < 4.78 is 5.84. The predicted molar refractivity (Wildman–Crippen MR) is 134 cm³/mol. The van der Waals surface area contributed by atoms with Gasteiger partial charge in [-0.1, -0.05) is 23.3 Å². The lowest BCUT2D eigenvalue weighted by molar-refractivity contribution is -0.123. The fraction of sp³-hybridized carbons (Fsp3) is 0.308. The van der Waals surface area contributed by atoms with Gasteiger partial charge in [-0.3, -0.25) is 19.3 Å². The van der Waals surface area contributed by atoms with E-state index in [9.17, 15) is 19.2 Å². The van der Waals surface area contributed by atoms with Crippen LogP contribution >= 0.6 is 27.5 Å². The minimum Gasteiger partial charge on any atom is -0.452 e. The second-order valence-corrected chi connectivity index (χ2v) is 10.4. The van der Waals surface area contributed by atoms with Gasteiger partial charge in [0.1, 0.15) is 0 Å². The van der Waals surface area contributed by atoms with Gasteiger partial charge >= 0.3 is 5.97 Å². The number of ether oxygens (including phenoxy) is 1. The fourth-order valence-corrected chi connectivity index (χ4v) is 6.06. The van der Waals surface area contributed by atoms with Crippen molar-refractivity contribution in [3.63, 3.8) is 0 Å². The van der Waals surface area contributed by atoms with Crippen molar-refractivity contribution in [2.45, 2.75) is 20.3 Å². The number of carbonyl (C=O) groups is 4. The molecule has 1 saturated heterocycles. The Hall–Kier alpha value is -2.97. The number of benzene rings is 2. The highest BCUT2D eigenvalue weighted by atomic mass is 79.9. The van der Waals surface area contributed by atoms with Crippen LogP contribution in [0.15, 0.2) is 52.5 Å². The van der Waals surface area contributed by atoms with Crippen LogP contribution in [-0.2, 0) is 19.1 Å². The third-order valence-electron chi connectivity index (χ3n) is 7.19. The zero-order valence-corrected chi connectivity index (χ0v) is 21.4. The van der Waals surface area contributed by atoms with Crippen LogP contribution in [0.5, 0.6) is 0 Å². The van der Waals surface area contributed by atoms with Crippen molar-refractivity contribution >= 4 is 62.6 Å². The van der Waals surface area contributed by atoms with Gasteiger partial charge < -0.3 is 10.1 Å². The van der Waals surface area contributed by atoms with E-state index in [1.165, 1.54) is 22.6 Å². The van der Waals surface area contributed by atoms with E-state index in [1.807, 2.05) is 6.92 Å². The standard InChI is InChI=1S/C26H22BrClN2O5/c1-12-9-15-10-17(12)22-21(15)24(32)30(25(22)33)16-5-3-14(4-6-16)26(34)35-11-20(31)29-19-8-7-18(27)23(28)13(19)2/h3-9,15,17,21-22H,10-11H2,1-2H3,(H,29,31)/t15-,17+,21+,22+/m0/s1. The summed E-state index contributed by atoms with van der Waals surface area (Å²) >= 11 is 9.49. The summed E-state index contributed by atoms with van der Waals surface area (Å²) in [5, 5.41) is 3.15. The molecular formula is C26H22BrClN2O5. The Kier molecular flexibility index (Phi) is 6.05. The summed E-state index contributed by atoms with van der Waals surface area (Å²) in [6.45, 7) is 3.31. The zero-order valence-electron chi connectivity index (χ0n) is 19.0. The number of fused-ring (bicyclic) bond motifs is 5. The van der Waals surface area contributed by atoms with Crippen LogP contribution in [-0.4, -0.2) is 30.3 Å². The first kappa shape index (κ1) is 23.8. The van der Waals surface area contributed by atoms with Crippen molar-refractivity contribution in [1.29, 1.82) is 0 Å². The number of nitrogens with zero attached hydrogens (tertiary/aromatic N) is 1. The van der Waals surface area contributed by atoms with Gasteiger partial charge in [-0.25, -0.2) is 4.79 Å². The number of hydrogen-bond donors (Lipinski definition) is 1. The van der Waals surface area contributed by atoms with Crippen LogP contribution in [0.4, 0.5) is 11.4 Å². The molecule has 180 valence electrons. The number of anilines is 2. The van der Waals surface area contributed by atoms with Crippen LogP contribution in [0.1, 0.15) is 29.3 Å². The number of rotatable bonds is 5. The SMILES string of the molecule is CC1=C[C@H]2C[C@H]1[C@H]1C(=O)N(c3ccc(C(=O)OCC(=O)Nc4ccc(Br)c(Cl)c4C)cc3)C(=O)[C@@H]12.